The summed E-state index contributed by atoms with van der Waals surface area (Å²) in [5, 5.41) is 13.5. The minimum absolute atomic E-state index is 0.0960. The molecule has 5 heteroatoms. The van der Waals surface area contributed by atoms with Crippen LogP contribution in [0.4, 0.5) is 5.69 Å². The Morgan fingerprint density at radius 1 is 1.28 bits per heavy atom. The maximum Gasteiger partial charge on any atom is 0.269 e. The molecule has 1 aromatic rings. The van der Waals surface area contributed by atoms with E-state index in [2.05, 4.69) is 5.32 Å². The molecular weight excluding hydrogens is 232 g/mol. The van der Waals surface area contributed by atoms with Crippen LogP contribution < -0.4 is 5.32 Å². The van der Waals surface area contributed by atoms with Gasteiger partial charge in [-0.1, -0.05) is 18.6 Å². The van der Waals surface area contributed by atoms with Crippen molar-refractivity contribution in [1.82, 2.24) is 5.32 Å². The average Bonchev–Trinajstić information content (AvgIpc) is 2.66. The molecule has 0 radical (unpaired) electrons. The van der Waals surface area contributed by atoms with Gasteiger partial charge in [0.25, 0.3) is 5.69 Å². The summed E-state index contributed by atoms with van der Waals surface area (Å²) in [5.74, 6) is 0.316. The van der Waals surface area contributed by atoms with Crippen LogP contribution >= 0.6 is 0 Å². The van der Waals surface area contributed by atoms with E-state index in [1.54, 1.807) is 12.1 Å². The van der Waals surface area contributed by atoms with Crippen LogP contribution in [0, 0.1) is 15.5 Å². The molecule has 3 rings (SSSR count). The van der Waals surface area contributed by atoms with Crippen LogP contribution in [0.3, 0.4) is 0 Å². The normalized spacial score (nSPS) is 24.7. The number of amides is 1. The van der Waals surface area contributed by atoms with Crippen LogP contribution in [-0.2, 0) is 4.79 Å². The van der Waals surface area contributed by atoms with E-state index in [0.29, 0.717) is 6.54 Å². The maximum absolute atomic E-state index is 11.9. The van der Waals surface area contributed by atoms with E-state index in [0.717, 1.165) is 24.8 Å². The molecular formula is C13H14N2O3. The van der Waals surface area contributed by atoms with Crippen molar-refractivity contribution in [2.45, 2.75) is 25.2 Å². The van der Waals surface area contributed by atoms with Crippen molar-refractivity contribution in [3.63, 3.8) is 0 Å². The first-order valence-corrected chi connectivity index (χ1v) is 6.16. The number of carbonyl (C=O) groups is 1. The highest BCUT2D eigenvalue weighted by atomic mass is 16.6. The Bertz CT molecular complexity index is 505. The van der Waals surface area contributed by atoms with Crippen LogP contribution in [0.2, 0.25) is 0 Å². The molecule has 2 aliphatic rings. The summed E-state index contributed by atoms with van der Waals surface area (Å²) in [6, 6.07) is 6.60. The molecule has 1 atom stereocenters. The largest absolute Gasteiger partial charge is 0.355 e. The van der Waals surface area contributed by atoms with Gasteiger partial charge in [0.1, 0.15) is 0 Å². The van der Waals surface area contributed by atoms with E-state index in [4.69, 9.17) is 0 Å². The first-order chi connectivity index (χ1) is 8.63. The highest BCUT2D eigenvalue weighted by Gasteiger charge is 2.54. The zero-order chi connectivity index (χ0) is 12.8. The van der Waals surface area contributed by atoms with Crippen molar-refractivity contribution in [1.29, 1.82) is 0 Å². The molecule has 1 saturated carbocycles. The molecule has 2 fully saturated rings. The Morgan fingerprint density at radius 3 is 2.44 bits per heavy atom. The lowest BCUT2D eigenvalue weighted by Gasteiger charge is -2.40. The van der Waals surface area contributed by atoms with Crippen molar-refractivity contribution in [2.75, 3.05) is 6.54 Å². The number of non-ortho nitro benzene ring substituents is 1. The van der Waals surface area contributed by atoms with Gasteiger partial charge in [-0.15, -0.1) is 0 Å². The van der Waals surface area contributed by atoms with E-state index in [1.165, 1.54) is 12.1 Å². The van der Waals surface area contributed by atoms with Crippen LogP contribution in [0.25, 0.3) is 0 Å². The van der Waals surface area contributed by atoms with Gasteiger partial charge in [0.15, 0.2) is 0 Å². The standard InChI is InChI=1S/C13H14N2O3/c16-12-13(6-1-7-13)11(8-14-12)9-2-4-10(5-3-9)15(17)18/h2-5,11H,1,6-8H2,(H,14,16). The Labute approximate surface area is 104 Å². The first kappa shape index (κ1) is 11.2. The van der Waals surface area contributed by atoms with Gasteiger partial charge in [-0.3, -0.25) is 14.9 Å². The number of nitro benzene ring substituents is 1. The molecule has 1 spiro atoms. The fourth-order valence-electron chi connectivity index (χ4n) is 3.12. The van der Waals surface area contributed by atoms with Crippen LogP contribution in [0.15, 0.2) is 24.3 Å². The zero-order valence-electron chi connectivity index (χ0n) is 9.89. The number of hydrogen-bond donors (Lipinski definition) is 1. The number of nitro groups is 1. The molecule has 1 aliphatic heterocycles. The second-order valence-electron chi connectivity index (χ2n) is 5.12. The highest BCUT2D eigenvalue weighted by Crippen LogP contribution is 2.54. The Morgan fingerprint density at radius 2 is 1.94 bits per heavy atom. The molecule has 1 N–H and O–H groups in total. The second-order valence-corrected chi connectivity index (χ2v) is 5.12. The van der Waals surface area contributed by atoms with Crippen LogP contribution in [-0.4, -0.2) is 17.4 Å². The monoisotopic (exact) mass is 246 g/mol. The Kier molecular flexibility index (Phi) is 2.36. The van der Waals surface area contributed by atoms with E-state index >= 15 is 0 Å². The van der Waals surface area contributed by atoms with Crippen molar-refractivity contribution in [2.24, 2.45) is 5.41 Å². The number of hydrogen-bond acceptors (Lipinski definition) is 3. The molecule has 1 aromatic carbocycles. The lowest BCUT2D eigenvalue weighted by Crippen LogP contribution is -2.40. The number of benzene rings is 1. The molecule has 1 amide bonds. The summed E-state index contributed by atoms with van der Waals surface area (Å²) in [6.45, 7) is 0.649. The summed E-state index contributed by atoms with van der Waals surface area (Å²) >= 11 is 0. The van der Waals surface area contributed by atoms with Crippen LogP contribution in [0.5, 0.6) is 0 Å². The summed E-state index contributed by atoms with van der Waals surface area (Å²) in [6.07, 6.45) is 2.96. The quantitative estimate of drug-likeness (QED) is 0.640. The minimum Gasteiger partial charge on any atom is -0.355 e. The molecule has 18 heavy (non-hydrogen) atoms. The fraction of sp³-hybridized carbons (Fsp3) is 0.462. The van der Waals surface area contributed by atoms with Gasteiger partial charge < -0.3 is 5.32 Å². The highest BCUT2D eigenvalue weighted by molar-refractivity contribution is 5.87. The zero-order valence-corrected chi connectivity index (χ0v) is 9.89. The fourth-order valence-corrected chi connectivity index (χ4v) is 3.12. The number of nitrogens with zero attached hydrogens (tertiary/aromatic N) is 1. The van der Waals surface area contributed by atoms with E-state index in [-0.39, 0.29) is 22.9 Å². The molecule has 0 aromatic heterocycles. The van der Waals surface area contributed by atoms with E-state index < -0.39 is 4.92 Å². The predicted molar refractivity (Wildman–Crippen MR) is 65.1 cm³/mol. The molecule has 1 aliphatic carbocycles. The third kappa shape index (κ3) is 1.43. The maximum atomic E-state index is 11.9. The summed E-state index contributed by atoms with van der Waals surface area (Å²) in [4.78, 5) is 22.1. The van der Waals surface area contributed by atoms with Gasteiger partial charge in [-0.25, -0.2) is 0 Å². The average molecular weight is 246 g/mol. The van der Waals surface area contributed by atoms with Gasteiger partial charge in [0, 0.05) is 24.6 Å². The molecule has 0 bridgehead atoms. The van der Waals surface area contributed by atoms with Crippen molar-refractivity contribution in [3.8, 4) is 0 Å². The summed E-state index contributed by atoms with van der Waals surface area (Å²) < 4.78 is 0. The van der Waals surface area contributed by atoms with E-state index in [1.807, 2.05) is 0 Å². The predicted octanol–water partition coefficient (Wildman–Crippen LogP) is 1.98. The minimum atomic E-state index is -0.402. The third-order valence-electron chi connectivity index (χ3n) is 4.34. The molecule has 1 heterocycles. The SMILES string of the molecule is O=C1NCC(c2ccc([N+](=O)[O-])cc2)C12CCC2. The van der Waals surface area contributed by atoms with Crippen molar-refractivity contribution in [3.05, 3.63) is 39.9 Å². The molecule has 94 valence electrons. The lowest BCUT2D eigenvalue weighted by molar-refractivity contribution is -0.384. The third-order valence-corrected chi connectivity index (χ3v) is 4.34. The lowest BCUT2D eigenvalue weighted by atomic mass is 9.61. The van der Waals surface area contributed by atoms with Gasteiger partial charge in [0.05, 0.1) is 10.3 Å². The smallest absolute Gasteiger partial charge is 0.269 e. The number of rotatable bonds is 2. The summed E-state index contributed by atoms with van der Waals surface area (Å²) in [5.41, 5.74) is 0.883. The second kappa shape index (κ2) is 3.80. The molecule has 1 saturated heterocycles. The molecule has 5 nitrogen and oxygen atoms in total. The van der Waals surface area contributed by atoms with Crippen molar-refractivity contribution < 1.29 is 9.72 Å². The van der Waals surface area contributed by atoms with Gasteiger partial charge >= 0.3 is 0 Å². The van der Waals surface area contributed by atoms with E-state index in [9.17, 15) is 14.9 Å². The Balaban J connectivity index is 1.91. The van der Waals surface area contributed by atoms with Gasteiger partial charge in [0.2, 0.25) is 5.91 Å². The van der Waals surface area contributed by atoms with Gasteiger partial charge in [-0.2, -0.15) is 0 Å². The number of nitrogens with one attached hydrogen (secondary N) is 1. The molecule has 1 unspecified atom stereocenters. The number of carbonyl (C=O) groups excluding carboxylic acids is 1. The first-order valence-electron chi connectivity index (χ1n) is 6.16. The Hall–Kier alpha value is -1.91. The van der Waals surface area contributed by atoms with Crippen molar-refractivity contribution >= 4 is 11.6 Å². The van der Waals surface area contributed by atoms with Gasteiger partial charge in [-0.05, 0) is 18.4 Å². The summed E-state index contributed by atoms with van der Waals surface area (Å²) in [7, 11) is 0. The topological polar surface area (TPSA) is 72.2 Å². The van der Waals surface area contributed by atoms with Crippen LogP contribution in [0.1, 0.15) is 30.7 Å².